The van der Waals surface area contributed by atoms with Crippen LogP contribution in [0.5, 0.6) is 0 Å². The van der Waals surface area contributed by atoms with Gasteiger partial charge in [-0.2, -0.15) is 13.2 Å². The van der Waals surface area contributed by atoms with Crippen molar-refractivity contribution >= 4 is 40.2 Å². The van der Waals surface area contributed by atoms with Crippen LogP contribution in [0.3, 0.4) is 0 Å². The van der Waals surface area contributed by atoms with Crippen molar-refractivity contribution < 1.29 is 27.2 Å². The van der Waals surface area contributed by atoms with Crippen LogP contribution in [0, 0.1) is 0 Å². The highest BCUT2D eigenvalue weighted by Crippen LogP contribution is 2.39. The number of carbonyl (C=O) groups excluding carboxylic acids is 2. The van der Waals surface area contributed by atoms with Crippen molar-refractivity contribution in [2.45, 2.75) is 37.4 Å². The van der Waals surface area contributed by atoms with Crippen LogP contribution in [-0.2, 0) is 15.8 Å². The highest BCUT2D eigenvalue weighted by molar-refractivity contribution is 6.31. The summed E-state index contributed by atoms with van der Waals surface area (Å²) in [6.45, 7) is 1.10. The van der Waals surface area contributed by atoms with E-state index in [1.807, 2.05) is 29.2 Å². The van der Waals surface area contributed by atoms with E-state index in [-0.39, 0.29) is 18.0 Å². The fraction of sp³-hybridized carbons (Fsp3) is 0.348. The Labute approximate surface area is 191 Å². The van der Waals surface area contributed by atoms with Gasteiger partial charge in [-0.3, -0.25) is 14.5 Å². The Morgan fingerprint density at radius 1 is 1.06 bits per heavy atom. The maximum absolute atomic E-state index is 13.2. The number of benzene rings is 2. The molecule has 33 heavy (non-hydrogen) atoms. The molecule has 5 rings (SSSR count). The number of nitrogens with zero attached hydrogens (tertiary/aromatic N) is 3. The molecule has 3 aromatic rings. The van der Waals surface area contributed by atoms with Crippen molar-refractivity contribution in [2.75, 3.05) is 18.0 Å². The van der Waals surface area contributed by atoms with Gasteiger partial charge in [0.05, 0.1) is 28.7 Å². The van der Waals surface area contributed by atoms with Crippen LogP contribution < -0.4 is 4.90 Å². The molecular weight excluding hydrogens is 459 g/mol. The summed E-state index contributed by atoms with van der Waals surface area (Å²) in [5.41, 5.74) is 0.321. The quantitative estimate of drug-likeness (QED) is 0.496. The molecule has 2 fully saturated rings. The van der Waals surface area contributed by atoms with Crippen molar-refractivity contribution in [3.63, 3.8) is 0 Å². The predicted molar refractivity (Wildman–Crippen MR) is 115 cm³/mol. The lowest BCUT2D eigenvalue weighted by atomic mass is 9.95. The molecule has 2 aromatic carbocycles. The van der Waals surface area contributed by atoms with Gasteiger partial charge in [-0.25, -0.2) is 9.88 Å². The Hall–Kier alpha value is -2.91. The molecule has 6 nitrogen and oxygen atoms in total. The van der Waals surface area contributed by atoms with Crippen molar-refractivity contribution in [1.82, 2.24) is 9.88 Å². The molecular formula is C23H19ClF3N3O3. The monoisotopic (exact) mass is 477 g/mol. The Morgan fingerprint density at radius 2 is 1.79 bits per heavy atom. The van der Waals surface area contributed by atoms with Crippen LogP contribution in [0.15, 0.2) is 46.9 Å². The lowest BCUT2D eigenvalue weighted by Gasteiger charge is -2.33. The molecule has 1 aromatic heterocycles. The second-order valence-electron chi connectivity index (χ2n) is 8.28. The number of para-hydroxylation sites is 2. The van der Waals surface area contributed by atoms with Crippen LogP contribution >= 0.6 is 11.6 Å². The normalized spacial score (nSPS) is 20.8. The molecule has 0 aliphatic carbocycles. The van der Waals surface area contributed by atoms with E-state index in [9.17, 15) is 22.8 Å². The number of oxazole rings is 1. The van der Waals surface area contributed by atoms with Gasteiger partial charge in [-0.15, -0.1) is 0 Å². The van der Waals surface area contributed by atoms with Crippen molar-refractivity contribution in [3.05, 3.63) is 58.9 Å². The Morgan fingerprint density at radius 3 is 2.48 bits per heavy atom. The van der Waals surface area contributed by atoms with Crippen molar-refractivity contribution in [2.24, 2.45) is 0 Å². The summed E-state index contributed by atoms with van der Waals surface area (Å²) < 4.78 is 45.6. The van der Waals surface area contributed by atoms with Gasteiger partial charge in [-0.1, -0.05) is 23.7 Å². The summed E-state index contributed by atoms with van der Waals surface area (Å²) >= 11 is 5.67. The fourth-order valence-corrected chi connectivity index (χ4v) is 4.79. The summed E-state index contributed by atoms with van der Waals surface area (Å²) in [5, 5.41) is -0.483. The van der Waals surface area contributed by atoms with Crippen LogP contribution in [-0.4, -0.2) is 40.8 Å². The largest absolute Gasteiger partial charge is 0.440 e. The number of fused-ring (bicyclic) bond motifs is 1. The third-order valence-corrected chi connectivity index (χ3v) is 6.60. The van der Waals surface area contributed by atoms with E-state index < -0.39 is 34.6 Å². The van der Waals surface area contributed by atoms with E-state index in [0.717, 1.165) is 28.1 Å². The highest BCUT2D eigenvalue weighted by atomic mass is 35.5. The smallest absolute Gasteiger partial charge is 0.417 e. The average molecular weight is 478 g/mol. The van der Waals surface area contributed by atoms with Crippen molar-refractivity contribution in [3.8, 4) is 0 Å². The number of hydrogen-bond acceptors (Lipinski definition) is 5. The molecule has 2 amide bonds. The molecule has 0 spiro atoms. The highest BCUT2D eigenvalue weighted by Gasteiger charge is 2.44. The molecule has 10 heteroatoms. The van der Waals surface area contributed by atoms with E-state index in [4.69, 9.17) is 16.0 Å². The van der Waals surface area contributed by atoms with E-state index >= 15 is 0 Å². The zero-order valence-corrected chi connectivity index (χ0v) is 18.1. The summed E-state index contributed by atoms with van der Waals surface area (Å²) in [7, 11) is 0. The lowest BCUT2D eigenvalue weighted by molar-refractivity contribution is -0.137. The molecule has 0 unspecified atom stereocenters. The SMILES string of the molecule is O=C1C[C@@H](N2CCC(c3nc4ccccc4o3)CC2)C(=O)N1c1ccc(Cl)c(C(F)(F)F)c1. The number of halogens is 4. The fourth-order valence-electron chi connectivity index (χ4n) is 4.56. The first-order chi connectivity index (χ1) is 15.7. The summed E-state index contributed by atoms with van der Waals surface area (Å²) in [5.74, 6) is -0.285. The van der Waals surface area contributed by atoms with Gasteiger partial charge in [0.1, 0.15) is 5.52 Å². The van der Waals surface area contributed by atoms with Crippen LogP contribution in [0.25, 0.3) is 11.1 Å². The maximum atomic E-state index is 13.2. The maximum Gasteiger partial charge on any atom is 0.417 e. The molecule has 2 aliphatic heterocycles. The zero-order valence-electron chi connectivity index (χ0n) is 17.3. The van der Waals surface area contributed by atoms with Gasteiger partial charge < -0.3 is 4.42 Å². The minimum Gasteiger partial charge on any atom is -0.440 e. The van der Waals surface area contributed by atoms with Gasteiger partial charge in [0.15, 0.2) is 11.5 Å². The number of hydrogen-bond donors (Lipinski definition) is 0. The average Bonchev–Trinajstić information content (AvgIpc) is 3.34. The Kier molecular flexibility index (Phi) is 5.41. The first-order valence-electron chi connectivity index (χ1n) is 10.6. The molecule has 1 atom stereocenters. The second-order valence-corrected chi connectivity index (χ2v) is 8.69. The van der Waals surface area contributed by atoms with Gasteiger partial charge in [0, 0.05) is 5.92 Å². The molecule has 172 valence electrons. The molecule has 0 saturated carbocycles. The first-order valence-corrected chi connectivity index (χ1v) is 10.9. The number of alkyl halides is 3. The molecule has 0 radical (unpaired) electrons. The van der Waals surface area contributed by atoms with E-state index in [1.165, 1.54) is 6.07 Å². The van der Waals surface area contributed by atoms with Crippen LogP contribution in [0.2, 0.25) is 5.02 Å². The zero-order chi connectivity index (χ0) is 23.3. The Bertz CT molecular complexity index is 1200. The molecule has 3 heterocycles. The summed E-state index contributed by atoms with van der Waals surface area (Å²) in [6.07, 6.45) is -3.37. The summed E-state index contributed by atoms with van der Waals surface area (Å²) in [4.78, 5) is 33.0. The van der Waals surface area contributed by atoms with Crippen LogP contribution in [0.1, 0.15) is 36.6 Å². The van der Waals surface area contributed by atoms with Gasteiger partial charge in [-0.05, 0) is 56.3 Å². The van der Waals surface area contributed by atoms with Gasteiger partial charge in [0.2, 0.25) is 5.91 Å². The predicted octanol–water partition coefficient (Wildman–Crippen LogP) is 5.01. The second kappa shape index (κ2) is 8.14. The van der Waals surface area contributed by atoms with Crippen LogP contribution in [0.4, 0.5) is 18.9 Å². The van der Waals surface area contributed by atoms with Gasteiger partial charge >= 0.3 is 6.18 Å². The Balaban J connectivity index is 1.30. The number of carbonyl (C=O) groups is 2. The standard InChI is InChI=1S/C23H19ClF3N3O3/c24-16-6-5-14(11-15(16)23(25,26)27)30-20(31)12-18(22(30)32)29-9-7-13(8-10-29)21-28-17-3-1-2-4-19(17)33-21/h1-6,11,13,18H,7-10,12H2/t18-/m1/s1. The molecule has 0 N–H and O–H groups in total. The third-order valence-electron chi connectivity index (χ3n) is 6.27. The van der Waals surface area contributed by atoms with Gasteiger partial charge in [0.25, 0.3) is 5.91 Å². The lowest BCUT2D eigenvalue weighted by Crippen LogP contribution is -2.45. The topological polar surface area (TPSA) is 66.7 Å². The molecule has 2 aliphatic rings. The molecule has 0 bridgehead atoms. The van der Waals surface area contributed by atoms with E-state index in [1.54, 1.807) is 0 Å². The number of rotatable bonds is 3. The number of amides is 2. The number of imide groups is 1. The number of aromatic nitrogens is 1. The minimum atomic E-state index is -4.69. The van der Waals surface area contributed by atoms with E-state index in [0.29, 0.717) is 31.8 Å². The van der Waals surface area contributed by atoms with E-state index in [2.05, 4.69) is 4.98 Å². The summed E-state index contributed by atoms with van der Waals surface area (Å²) in [6, 6.07) is 9.88. The third kappa shape index (κ3) is 4.00. The number of piperidine rings is 1. The number of anilines is 1. The van der Waals surface area contributed by atoms with Crippen molar-refractivity contribution in [1.29, 1.82) is 0 Å². The molecule has 2 saturated heterocycles. The first kappa shape index (κ1) is 21.9. The minimum absolute atomic E-state index is 0.0731. The number of likely N-dealkylation sites (tertiary alicyclic amines) is 1.